The number of piperidine rings is 1. The maximum Gasteiger partial charge on any atom is 0.257 e. The average Bonchev–Trinajstić information content (AvgIpc) is 2.85. The van der Waals surface area contributed by atoms with Crippen LogP contribution in [-0.2, 0) is 4.79 Å². The minimum atomic E-state index is -0.306. The normalized spacial score (nSPS) is 15.7. The molecule has 1 fully saturated rings. The first-order valence-electron chi connectivity index (χ1n) is 10.5. The van der Waals surface area contributed by atoms with Crippen LogP contribution in [0.25, 0.3) is 0 Å². The molecular formula is C24H25N5O3. The lowest BCUT2D eigenvalue weighted by atomic mass is 9.97. The zero-order chi connectivity index (χ0) is 22.3. The fraction of sp³-hybridized carbons (Fsp3) is 0.250. The van der Waals surface area contributed by atoms with E-state index in [4.69, 9.17) is 4.74 Å². The first-order valence-corrected chi connectivity index (χ1v) is 10.5. The monoisotopic (exact) mass is 431 g/mol. The summed E-state index contributed by atoms with van der Waals surface area (Å²) in [6.45, 7) is 1.39. The number of para-hydroxylation sites is 1. The van der Waals surface area contributed by atoms with Crippen molar-refractivity contribution in [3.8, 4) is 5.75 Å². The number of anilines is 3. The molecule has 164 valence electrons. The van der Waals surface area contributed by atoms with E-state index in [0.29, 0.717) is 29.2 Å². The van der Waals surface area contributed by atoms with Crippen LogP contribution in [0, 0.1) is 5.92 Å². The van der Waals surface area contributed by atoms with E-state index >= 15 is 0 Å². The van der Waals surface area contributed by atoms with Gasteiger partial charge in [-0.25, -0.2) is 4.98 Å². The number of carbonyl (C=O) groups is 2. The van der Waals surface area contributed by atoms with Crippen molar-refractivity contribution < 1.29 is 14.3 Å². The number of amides is 2. The molecule has 2 aromatic carbocycles. The van der Waals surface area contributed by atoms with Crippen LogP contribution in [-0.4, -0.2) is 42.0 Å². The van der Waals surface area contributed by atoms with Gasteiger partial charge in [0.25, 0.3) is 5.91 Å². The molecule has 1 aliphatic rings. The van der Waals surface area contributed by atoms with Crippen LogP contribution in [0.4, 0.5) is 17.2 Å². The first kappa shape index (κ1) is 21.3. The van der Waals surface area contributed by atoms with E-state index in [9.17, 15) is 9.59 Å². The van der Waals surface area contributed by atoms with Crippen LogP contribution in [0.2, 0.25) is 0 Å². The summed E-state index contributed by atoms with van der Waals surface area (Å²) >= 11 is 0. The number of rotatable bonds is 6. The van der Waals surface area contributed by atoms with Crippen LogP contribution in [0.5, 0.6) is 5.75 Å². The van der Waals surface area contributed by atoms with Crippen molar-refractivity contribution in [2.75, 3.05) is 35.7 Å². The van der Waals surface area contributed by atoms with Gasteiger partial charge >= 0.3 is 0 Å². The van der Waals surface area contributed by atoms with Crippen molar-refractivity contribution in [1.82, 2.24) is 9.97 Å². The Bertz CT molecular complexity index is 1090. The molecule has 0 radical (unpaired) electrons. The Balaban J connectivity index is 1.45. The van der Waals surface area contributed by atoms with Crippen molar-refractivity contribution in [3.05, 3.63) is 72.7 Å². The van der Waals surface area contributed by atoms with Gasteiger partial charge in [-0.2, -0.15) is 0 Å². The maximum atomic E-state index is 13.0. The highest BCUT2D eigenvalue weighted by Gasteiger charge is 2.27. The number of benzene rings is 2. The predicted octanol–water partition coefficient (Wildman–Crippen LogP) is 3.59. The van der Waals surface area contributed by atoms with E-state index in [1.54, 1.807) is 74.2 Å². The number of hydrogen-bond donors (Lipinski definition) is 2. The zero-order valence-electron chi connectivity index (χ0n) is 17.8. The van der Waals surface area contributed by atoms with Gasteiger partial charge in [0.05, 0.1) is 30.5 Å². The fourth-order valence-electron chi connectivity index (χ4n) is 3.78. The number of ether oxygens (including phenoxy) is 1. The van der Waals surface area contributed by atoms with Crippen LogP contribution in [0.3, 0.4) is 0 Å². The number of methoxy groups -OCH3 is 1. The molecule has 2 amide bonds. The molecule has 0 bridgehead atoms. The van der Waals surface area contributed by atoms with Gasteiger partial charge < -0.3 is 20.3 Å². The van der Waals surface area contributed by atoms with Crippen LogP contribution in [0.15, 0.2) is 67.1 Å². The molecule has 1 aromatic heterocycles. The van der Waals surface area contributed by atoms with Gasteiger partial charge in [-0.05, 0) is 37.1 Å². The van der Waals surface area contributed by atoms with Crippen LogP contribution < -0.4 is 20.3 Å². The third-order valence-electron chi connectivity index (χ3n) is 5.42. The zero-order valence-corrected chi connectivity index (χ0v) is 17.8. The Hall–Kier alpha value is -3.94. The average molecular weight is 431 g/mol. The second-order valence-corrected chi connectivity index (χ2v) is 7.57. The van der Waals surface area contributed by atoms with Gasteiger partial charge in [-0.3, -0.25) is 14.6 Å². The van der Waals surface area contributed by atoms with Gasteiger partial charge in [0.2, 0.25) is 5.91 Å². The van der Waals surface area contributed by atoms with E-state index in [-0.39, 0.29) is 17.7 Å². The lowest BCUT2D eigenvalue weighted by molar-refractivity contribution is -0.120. The summed E-state index contributed by atoms with van der Waals surface area (Å²) in [6.07, 6.45) is 6.65. The number of carbonyl (C=O) groups excluding carboxylic acids is 2. The van der Waals surface area contributed by atoms with Crippen LogP contribution >= 0.6 is 0 Å². The largest absolute Gasteiger partial charge is 0.497 e. The van der Waals surface area contributed by atoms with Crippen molar-refractivity contribution in [2.24, 2.45) is 5.92 Å². The molecule has 8 nitrogen and oxygen atoms in total. The van der Waals surface area contributed by atoms with E-state index in [1.807, 2.05) is 0 Å². The fourth-order valence-corrected chi connectivity index (χ4v) is 3.78. The molecule has 0 saturated carbocycles. The molecule has 1 atom stereocenters. The van der Waals surface area contributed by atoms with E-state index in [0.717, 1.165) is 25.2 Å². The van der Waals surface area contributed by atoms with Crippen LogP contribution in [0.1, 0.15) is 23.2 Å². The van der Waals surface area contributed by atoms with Crippen molar-refractivity contribution >= 4 is 29.0 Å². The van der Waals surface area contributed by atoms with Gasteiger partial charge in [-0.1, -0.05) is 18.2 Å². The van der Waals surface area contributed by atoms with Gasteiger partial charge in [0.15, 0.2) is 0 Å². The molecule has 8 heteroatoms. The van der Waals surface area contributed by atoms with E-state index in [1.165, 1.54) is 0 Å². The first-order chi connectivity index (χ1) is 15.6. The lowest BCUT2D eigenvalue weighted by Crippen LogP contribution is -2.41. The predicted molar refractivity (Wildman–Crippen MR) is 123 cm³/mol. The number of hydrogen-bond acceptors (Lipinski definition) is 6. The summed E-state index contributed by atoms with van der Waals surface area (Å²) < 4.78 is 5.21. The minimum absolute atomic E-state index is 0.111. The summed E-state index contributed by atoms with van der Waals surface area (Å²) in [6, 6.07) is 14.1. The number of nitrogens with zero attached hydrogens (tertiary/aromatic N) is 3. The molecule has 3 aromatic rings. The summed E-state index contributed by atoms with van der Waals surface area (Å²) in [5.74, 6) is 0.789. The molecule has 4 rings (SSSR count). The maximum absolute atomic E-state index is 13.0. The van der Waals surface area contributed by atoms with Gasteiger partial charge in [0.1, 0.15) is 11.6 Å². The Kier molecular flexibility index (Phi) is 6.60. The quantitative estimate of drug-likeness (QED) is 0.619. The van der Waals surface area contributed by atoms with Crippen molar-refractivity contribution in [1.29, 1.82) is 0 Å². The molecule has 1 unspecified atom stereocenters. The molecule has 1 aliphatic heterocycles. The number of nitrogens with one attached hydrogen (secondary N) is 2. The second-order valence-electron chi connectivity index (χ2n) is 7.57. The van der Waals surface area contributed by atoms with E-state index < -0.39 is 0 Å². The van der Waals surface area contributed by atoms with Crippen molar-refractivity contribution in [2.45, 2.75) is 12.8 Å². The number of aromatic nitrogens is 2. The summed E-state index contributed by atoms with van der Waals surface area (Å²) in [7, 11) is 1.57. The SMILES string of the molecule is COc1cccc(NC(=O)c2ccccc2NC(=O)C2CCCN(c3cnccn3)C2)c1. The van der Waals surface area contributed by atoms with E-state index in [2.05, 4.69) is 25.5 Å². The molecule has 0 spiro atoms. The highest BCUT2D eigenvalue weighted by molar-refractivity contribution is 6.10. The standard InChI is InChI=1S/C24H25N5O3/c1-32-19-8-4-7-18(14-19)27-24(31)20-9-2-3-10-21(20)28-23(30)17-6-5-13-29(16-17)22-15-25-11-12-26-22/h2-4,7-12,14-15,17H,5-6,13,16H2,1H3,(H,27,31)(H,28,30). The Labute approximate surface area is 186 Å². The minimum Gasteiger partial charge on any atom is -0.497 e. The Morgan fingerprint density at radius 3 is 2.78 bits per heavy atom. The van der Waals surface area contributed by atoms with Gasteiger partial charge in [0, 0.05) is 37.2 Å². The molecule has 2 N–H and O–H groups in total. The highest BCUT2D eigenvalue weighted by Crippen LogP contribution is 2.24. The second kappa shape index (κ2) is 9.91. The highest BCUT2D eigenvalue weighted by atomic mass is 16.5. The molecule has 0 aliphatic carbocycles. The Morgan fingerprint density at radius 1 is 1.09 bits per heavy atom. The molecule has 2 heterocycles. The summed E-state index contributed by atoms with van der Waals surface area (Å²) in [4.78, 5) is 36.5. The Morgan fingerprint density at radius 2 is 1.97 bits per heavy atom. The topological polar surface area (TPSA) is 96.5 Å². The third kappa shape index (κ3) is 5.03. The molecule has 32 heavy (non-hydrogen) atoms. The summed E-state index contributed by atoms with van der Waals surface area (Å²) in [5, 5.41) is 5.82. The summed E-state index contributed by atoms with van der Waals surface area (Å²) in [5.41, 5.74) is 1.49. The van der Waals surface area contributed by atoms with Gasteiger partial charge in [-0.15, -0.1) is 0 Å². The molecular weight excluding hydrogens is 406 g/mol. The molecule has 1 saturated heterocycles. The smallest absolute Gasteiger partial charge is 0.257 e. The third-order valence-corrected chi connectivity index (χ3v) is 5.42. The van der Waals surface area contributed by atoms with Crippen molar-refractivity contribution in [3.63, 3.8) is 0 Å². The lowest BCUT2D eigenvalue weighted by Gasteiger charge is -2.32.